The molecule has 0 N–H and O–H groups in total. The minimum atomic E-state index is -5.54. The molecule has 0 aliphatic heterocycles. The van der Waals surface area contributed by atoms with Crippen LogP contribution in [0.1, 0.15) is 32.1 Å². The monoisotopic (exact) mass is 364 g/mol. The molecule has 0 aromatic rings. The van der Waals surface area contributed by atoms with Crippen LogP contribution in [0.15, 0.2) is 12.8 Å². The standard InChI is InChI=1S/C15H22F6O3/c1-2-22-8-9-23-10-11-24-13(14(16,17)18,15(19,20)21)12-6-4-3-5-7-12/h2,12H,1,3-11H2. The van der Waals surface area contributed by atoms with Gasteiger partial charge in [-0.15, -0.1) is 0 Å². The summed E-state index contributed by atoms with van der Waals surface area (Å²) in [7, 11) is 0. The van der Waals surface area contributed by atoms with Gasteiger partial charge in [0, 0.05) is 5.92 Å². The highest BCUT2D eigenvalue weighted by molar-refractivity contribution is 5.02. The van der Waals surface area contributed by atoms with Crippen LogP contribution in [0, 0.1) is 5.92 Å². The van der Waals surface area contributed by atoms with Gasteiger partial charge in [-0.2, -0.15) is 26.3 Å². The second-order valence-electron chi connectivity index (χ2n) is 5.56. The van der Waals surface area contributed by atoms with Crippen LogP contribution in [-0.2, 0) is 14.2 Å². The van der Waals surface area contributed by atoms with Gasteiger partial charge in [0.2, 0.25) is 0 Å². The van der Waals surface area contributed by atoms with E-state index < -0.39 is 30.5 Å². The third-order valence-electron chi connectivity index (χ3n) is 4.04. The van der Waals surface area contributed by atoms with Crippen molar-refractivity contribution < 1.29 is 40.6 Å². The molecule has 24 heavy (non-hydrogen) atoms. The highest BCUT2D eigenvalue weighted by Crippen LogP contribution is 2.54. The smallest absolute Gasteiger partial charge is 0.426 e. The van der Waals surface area contributed by atoms with Crippen molar-refractivity contribution in [2.45, 2.75) is 50.1 Å². The average Bonchev–Trinajstić information content (AvgIpc) is 2.48. The normalized spacial score (nSPS) is 17.8. The molecule has 1 aliphatic carbocycles. The zero-order chi connectivity index (χ0) is 18.3. The van der Waals surface area contributed by atoms with Gasteiger partial charge in [0.25, 0.3) is 5.60 Å². The van der Waals surface area contributed by atoms with Gasteiger partial charge in [-0.1, -0.05) is 25.8 Å². The number of halogens is 6. The lowest BCUT2D eigenvalue weighted by molar-refractivity contribution is -0.400. The van der Waals surface area contributed by atoms with Gasteiger partial charge < -0.3 is 14.2 Å². The zero-order valence-electron chi connectivity index (χ0n) is 13.2. The minimum absolute atomic E-state index is 0.0177. The van der Waals surface area contributed by atoms with E-state index >= 15 is 0 Å². The molecular weight excluding hydrogens is 342 g/mol. The van der Waals surface area contributed by atoms with E-state index in [1.807, 2.05) is 0 Å². The summed E-state index contributed by atoms with van der Waals surface area (Å²) < 4.78 is 94.6. The van der Waals surface area contributed by atoms with Crippen molar-refractivity contribution in [2.24, 2.45) is 5.92 Å². The van der Waals surface area contributed by atoms with Crippen molar-refractivity contribution in [3.8, 4) is 0 Å². The highest BCUT2D eigenvalue weighted by Gasteiger charge is 2.75. The van der Waals surface area contributed by atoms with Crippen LogP contribution in [0.5, 0.6) is 0 Å². The molecule has 1 rings (SSSR count). The van der Waals surface area contributed by atoms with Gasteiger partial charge in [0.05, 0.1) is 26.1 Å². The molecule has 0 spiro atoms. The highest BCUT2D eigenvalue weighted by atomic mass is 19.4. The number of alkyl halides is 6. The van der Waals surface area contributed by atoms with E-state index in [0.29, 0.717) is 19.3 Å². The summed E-state index contributed by atoms with van der Waals surface area (Å²) in [5.74, 6) is -1.63. The van der Waals surface area contributed by atoms with Crippen molar-refractivity contribution in [2.75, 3.05) is 26.4 Å². The maximum atomic E-state index is 13.4. The van der Waals surface area contributed by atoms with Crippen LogP contribution in [0.4, 0.5) is 26.3 Å². The molecule has 1 fully saturated rings. The van der Waals surface area contributed by atoms with Crippen molar-refractivity contribution in [3.05, 3.63) is 12.8 Å². The van der Waals surface area contributed by atoms with Gasteiger partial charge >= 0.3 is 12.4 Å². The predicted octanol–water partition coefficient (Wildman–Crippen LogP) is 4.62. The lowest BCUT2D eigenvalue weighted by Crippen LogP contribution is -2.64. The molecular formula is C15H22F6O3. The molecule has 0 heterocycles. The van der Waals surface area contributed by atoms with Crippen LogP contribution >= 0.6 is 0 Å². The van der Waals surface area contributed by atoms with E-state index in [1.165, 1.54) is 0 Å². The molecule has 0 aromatic heterocycles. The van der Waals surface area contributed by atoms with Crippen LogP contribution in [0.2, 0.25) is 0 Å². The first kappa shape index (κ1) is 21.1. The number of rotatable bonds is 9. The quantitative estimate of drug-likeness (QED) is 0.339. The Kier molecular flexibility index (Phi) is 7.85. The van der Waals surface area contributed by atoms with Gasteiger partial charge in [0.1, 0.15) is 6.61 Å². The maximum Gasteiger partial charge on any atom is 0.426 e. The third-order valence-corrected chi connectivity index (χ3v) is 4.04. The molecule has 0 aromatic carbocycles. The lowest BCUT2D eigenvalue weighted by Gasteiger charge is -2.44. The molecule has 0 saturated heterocycles. The Morgan fingerprint density at radius 1 is 0.833 bits per heavy atom. The van der Waals surface area contributed by atoms with Gasteiger partial charge in [-0.05, 0) is 12.8 Å². The Morgan fingerprint density at radius 3 is 1.88 bits per heavy atom. The Bertz CT molecular complexity index is 360. The molecule has 1 aliphatic rings. The number of hydrogen-bond acceptors (Lipinski definition) is 3. The van der Waals surface area contributed by atoms with Crippen LogP contribution in [0.3, 0.4) is 0 Å². The fourth-order valence-electron chi connectivity index (χ4n) is 2.97. The zero-order valence-corrected chi connectivity index (χ0v) is 13.2. The van der Waals surface area contributed by atoms with Crippen LogP contribution in [0.25, 0.3) is 0 Å². The van der Waals surface area contributed by atoms with E-state index in [2.05, 4.69) is 11.3 Å². The van der Waals surface area contributed by atoms with Crippen LogP contribution < -0.4 is 0 Å². The van der Waals surface area contributed by atoms with Gasteiger partial charge in [-0.25, -0.2) is 0 Å². The lowest BCUT2D eigenvalue weighted by atomic mass is 9.75. The van der Waals surface area contributed by atoms with Crippen molar-refractivity contribution in [3.63, 3.8) is 0 Å². The summed E-state index contributed by atoms with van der Waals surface area (Å²) in [6, 6.07) is 0. The Balaban J connectivity index is 2.78. The second kappa shape index (κ2) is 8.94. The SMILES string of the molecule is C=COCCOCCOC(C1CCCCC1)(C(F)(F)F)C(F)(F)F. The van der Waals surface area contributed by atoms with E-state index in [-0.39, 0.29) is 32.7 Å². The fraction of sp³-hybridized carbons (Fsp3) is 0.867. The molecule has 0 bridgehead atoms. The Hall–Kier alpha value is -0.960. The molecule has 142 valence electrons. The van der Waals surface area contributed by atoms with Crippen molar-refractivity contribution >= 4 is 0 Å². The molecule has 0 atom stereocenters. The fourth-order valence-corrected chi connectivity index (χ4v) is 2.97. The largest absolute Gasteiger partial charge is 0.499 e. The van der Waals surface area contributed by atoms with Crippen molar-refractivity contribution in [1.29, 1.82) is 0 Å². The summed E-state index contributed by atoms with van der Waals surface area (Å²) in [6.45, 7) is 2.22. The minimum Gasteiger partial charge on any atom is -0.499 e. The average molecular weight is 364 g/mol. The first-order valence-corrected chi connectivity index (χ1v) is 7.74. The van der Waals surface area contributed by atoms with E-state index in [0.717, 1.165) is 6.26 Å². The predicted molar refractivity (Wildman–Crippen MR) is 74.3 cm³/mol. The van der Waals surface area contributed by atoms with E-state index in [1.54, 1.807) is 0 Å². The number of ether oxygens (including phenoxy) is 3. The van der Waals surface area contributed by atoms with E-state index in [9.17, 15) is 26.3 Å². The number of hydrogen-bond donors (Lipinski definition) is 0. The Labute approximate surface area is 136 Å². The first-order valence-electron chi connectivity index (χ1n) is 7.74. The first-order chi connectivity index (χ1) is 11.2. The van der Waals surface area contributed by atoms with Gasteiger partial charge in [-0.3, -0.25) is 0 Å². The summed E-state index contributed by atoms with van der Waals surface area (Å²) in [5.41, 5.74) is -4.14. The summed E-state index contributed by atoms with van der Waals surface area (Å²) >= 11 is 0. The topological polar surface area (TPSA) is 27.7 Å². The van der Waals surface area contributed by atoms with Gasteiger partial charge in [0.15, 0.2) is 0 Å². The third kappa shape index (κ3) is 5.02. The molecule has 1 saturated carbocycles. The summed E-state index contributed by atoms with van der Waals surface area (Å²) in [5, 5.41) is 0. The molecule has 0 unspecified atom stereocenters. The van der Waals surface area contributed by atoms with Crippen molar-refractivity contribution in [1.82, 2.24) is 0 Å². The summed E-state index contributed by atoms with van der Waals surface area (Å²) in [6.07, 6.45) is -8.96. The molecule has 0 radical (unpaired) electrons. The molecule has 9 heteroatoms. The molecule has 3 nitrogen and oxygen atoms in total. The van der Waals surface area contributed by atoms with Crippen LogP contribution in [-0.4, -0.2) is 44.4 Å². The van der Waals surface area contributed by atoms with E-state index in [4.69, 9.17) is 9.47 Å². The second-order valence-corrected chi connectivity index (χ2v) is 5.56. The molecule has 0 amide bonds. The Morgan fingerprint density at radius 2 is 1.38 bits per heavy atom. The summed E-state index contributed by atoms with van der Waals surface area (Å²) in [4.78, 5) is 0. The maximum absolute atomic E-state index is 13.4.